The Bertz CT molecular complexity index is 622. The zero-order valence-electron chi connectivity index (χ0n) is 15.5. The van der Waals surface area contributed by atoms with Gasteiger partial charge in [0.2, 0.25) is 0 Å². The minimum absolute atomic E-state index is 0.0673. The van der Waals surface area contributed by atoms with Crippen molar-refractivity contribution in [2.24, 2.45) is 5.92 Å². The molecule has 4 nitrogen and oxygen atoms in total. The van der Waals surface area contributed by atoms with E-state index in [9.17, 15) is 15.0 Å². The Balaban J connectivity index is 1.67. The molecule has 2 aliphatic rings. The maximum absolute atomic E-state index is 12.9. The molecule has 4 heteroatoms. The minimum Gasteiger partial charge on any atom is -0.390 e. The van der Waals surface area contributed by atoms with Gasteiger partial charge < -0.3 is 15.1 Å². The van der Waals surface area contributed by atoms with Crippen LogP contribution in [0.15, 0.2) is 24.3 Å². The van der Waals surface area contributed by atoms with E-state index >= 15 is 0 Å². The molecule has 1 aliphatic heterocycles. The maximum Gasteiger partial charge on any atom is 0.253 e. The Labute approximate surface area is 150 Å². The van der Waals surface area contributed by atoms with Crippen LogP contribution >= 0.6 is 0 Å². The first kappa shape index (κ1) is 18.4. The van der Waals surface area contributed by atoms with Gasteiger partial charge in [0.15, 0.2) is 0 Å². The number of carbonyl (C=O) groups excluding carboxylic acids is 1. The van der Waals surface area contributed by atoms with Crippen LogP contribution in [0.3, 0.4) is 0 Å². The third-order valence-electron chi connectivity index (χ3n) is 5.91. The number of hydrogen-bond acceptors (Lipinski definition) is 3. The fourth-order valence-electron chi connectivity index (χ4n) is 4.25. The zero-order chi connectivity index (χ0) is 18.1. The van der Waals surface area contributed by atoms with Crippen LogP contribution in [-0.4, -0.2) is 45.3 Å². The number of carbonyl (C=O) groups is 1. The van der Waals surface area contributed by atoms with Gasteiger partial charge in [0.25, 0.3) is 5.91 Å². The van der Waals surface area contributed by atoms with Crippen LogP contribution in [-0.2, 0) is 6.42 Å². The van der Waals surface area contributed by atoms with Gasteiger partial charge in [0, 0.05) is 24.6 Å². The first-order valence-corrected chi connectivity index (χ1v) is 9.60. The molecule has 1 amide bonds. The van der Waals surface area contributed by atoms with Crippen LogP contribution in [0.25, 0.3) is 0 Å². The van der Waals surface area contributed by atoms with E-state index in [2.05, 4.69) is 0 Å². The Hall–Kier alpha value is -1.39. The highest BCUT2D eigenvalue weighted by molar-refractivity contribution is 5.94. The Morgan fingerprint density at radius 3 is 2.88 bits per heavy atom. The molecule has 138 valence electrons. The van der Waals surface area contributed by atoms with E-state index in [0.29, 0.717) is 25.9 Å². The quantitative estimate of drug-likeness (QED) is 0.881. The first-order valence-electron chi connectivity index (χ1n) is 9.60. The van der Waals surface area contributed by atoms with Gasteiger partial charge in [-0.2, -0.15) is 0 Å². The molecule has 2 N–H and O–H groups in total. The second kappa shape index (κ2) is 7.08. The fourth-order valence-corrected chi connectivity index (χ4v) is 4.25. The average Bonchev–Trinajstić information content (AvgIpc) is 2.58. The fraction of sp³-hybridized carbons (Fsp3) is 0.667. The zero-order valence-corrected chi connectivity index (χ0v) is 15.5. The number of aliphatic hydroxyl groups is 2. The largest absolute Gasteiger partial charge is 0.390 e. The van der Waals surface area contributed by atoms with Crippen LogP contribution in [0.1, 0.15) is 68.3 Å². The van der Waals surface area contributed by atoms with Crippen molar-refractivity contribution in [3.63, 3.8) is 0 Å². The minimum atomic E-state index is -0.696. The highest BCUT2D eigenvalue weighted by Crippen LogP contribution is 2.40. The smallest absolute Gasteiger partial charge is 0.253 e. The summed E-state index contributed by atoms with van der Waals surface area (Å²) in [5.74, 6) is 0.287. The second-order valence-electron chi connectivity index (χ2n) is 8.56. The summed E-state index contributed by atoms with van der Waals surface area (Å²) in [5.41, 5.74) is 0.552. The average molecular weight is 345 g/mol. The molecule has 1 heterocycles. The lowest BCUT2D eigenvalue weighted by Crippen LogP contribution is -2.54. The van der Waals surface area contributed by atoms with Crippen molar-refractivity contribution >= 4 is 5.91 Å². The normalized spacial score (nSPS) is 27.0. The monoisotopic (exact) mass is 345 g/mol. The van der Waals surface area contributed by atoms with Crippen molar-refractivity contribution in [1.29, 1.82) is 0 Å². The van der Waals surface area contributed by atoms with Crippen LogP contribution in [0, 0.1) is 5.92 Å². The van der Waals surface area contributed by atoms with Crippen molar-refractivity contribution in [2.75, 3.05) is 13.1 Å². The van der Waals surface area contributed by atoms with Crippen molar-refractivity contribution in [3.8, 4) is 0 Å². The summed E-state index contributed by atoms with van der Waals surface area (Å²) in [7, 11) is 0. The van der Waals surface area contributed by atoms with Crippen molar-refractivity contribution in [3.05, 3.63) is 35.4 Å². The number of rotatable bonds is 4. The summed E-state index contributed by atoms with van der Waals surface area (Å²) < 4.78 is 0. The third kappa shape index (κ3) is 4.42. The molecule has 0 spiro atoms. The number of hydrogen-bond donors (Lipinski definition) is 2. The molecule has 1 saturated heterocycles. The van der Waals surface area contributed by atoms with E-state index in [4.69, 9.17) is 0 Å². The summed E-state index contributed by atoms with van der Waals surface area (Å²) in [6.45, 7) is 4.92. The molecule has 1 aromatic carbocycles. The topological polar surface area (TPSA) is 60.8 Å². The number of piperidine rings is 1. The molecule has 0 bridgehead atoms. The van der Waals surface area contributed by atoms with Crippen LogP contribution in [0.2, 0.25) is 0 Å². The molecule has 0 unspecified atom stereocenters. The van der Waals surface area contributed by atoms with Gasteiger partial charge >= 0.3 is 0 Å². The predicted molar refractivity (Wildman–Crippen MR) is 98.5 cm³/mol. The molecule has 3 rings (SSSR count). The standard InChI is InChI=1S/C21H31NO3/c1-20(2,24)11-9-16-6-5-7-17(14-16)19(23)22-13-12-21(25)10-4-3-8-18(21)15-22/h5-7,14,18,24-25H,3-4,8-13,15H2,1-2H3/t18-,21-/m0/s1. The molecule has 1 saturated carbocycles. The molecule has 2 atom stereocenters. The molecule has 1 aromatic rings. The van der Waals surface area contributed by atoms with Gasteiger partial charge in [-0.1, -0.05) is 25.0 Å². The lowest BCUT2D eigenvalue weighted by atomic mass is 9.71. The first-order chi connectivity index (χ1) is 11.8. The number of fused-ring (bicyclic) bond motifs is 1. The highest BCUT2D eigenvalue weighted by atomic mass is 16.3. The molecule has 1 aliphatic carbocycles. The SMILES string of the molecule is CC(C)(O)CCc1cccc(C(=O)N2CC[C@@]3(O)CCCC[C@H]3C2)c1. The van der Waals surface area contributed by atoms with Gasteiger partial charge in [0.05, 0.1) is 11.2 Å². The van der Waals surface area contributed by atoms with Crippen LogP contribution in [0.5, 0.6) is 0 Å². The molecule has 0 aromatic heterocycles. The van der Waals surface area contributed by atoms with E-state index < -0.39 is 11.2 Å². The summed E-state index contributed by atoms with van der Waals surface area (Å²) in [4.78, 5) is 14.8. The van der Waals surface area contributed by atoms with E-state index in [1.54, 1.807) is 13.8 Å². The van der Waals surface area contributed by atoms with Crippen molar-refractivity contribution in [2.45, 2.75) is 70.0 Å². The van der Waals surface area contributed by atoms with Crippen molar-refractivity contribution < 1.29 is 15.0 Å². The molecule has 2 fully saturated rings. The summed E-state index contributed by atoms with van der Waals surface area (Å²) in [5, 5.41) is 20.7. The summed E-state index contributed by atoms with van der Waals surface area (Å²) >= 11 is 0. The highest BCUT2D eigenvalue weighted by Gasteiger charge is 2.43. The number of amides is 1. The van der Waals surface area contributed by atoms with Gasteiger partial charge in [-0.25, -0.2) is 0 Å². The van der Waals surface area contributed by atoms with Crippen LogP contribution in [0.4, 0.5) is 0 Å². The Morgan fingerprint density at radius 1 is 1.32 bits per heavy atom. The second-order valence-corrected chi connectivity index (χ2v) is 8.56. The van der Waals surface area contributed by atoms with Gasteiger partial charge in [-0.3, -0.25) is 4.79 Å². The molecular weight excluding hydrogens is 314 g/mol. The Kier molecular flexibility index (Phi) is 5.21. The Morgan fingerprint density at radius 2 is 2.12 bits per heavy atom. The summed E-state index contributed by atoms with van der Waals surface area (Å²) in [6.07, 6.45) is 6.28. The molecule has 0 radical (unpaired) electrons. The van der Waals surface area contributed by atoms with E-state index in [-0.39, 0.29) is 11.8 Å². The molecule has 25 heavy (non-hydrogen) atoms. The van der Waals surface area contributed by atoms with E-state index in [0.717, 1.165) is 43.2 Å². The lowest BCUT2D eigenvalue weighted by Gasteiger charge is -2.47. The van der Waals surface area contributed by atoms with E-state index in [1.807, 2.05) is 29.2 Å². The number of likely N-dealkylation sites (tertiary alicyclic amines) is 1. The summed E-state index contributed by atoms with van der Waals surface area (Å²) in [6, 6.07) is 7.76. The maximum atomic E-state index is 12.9. The number of nitrogens with zero attached hydrogens (tertiary/aromatic N) is 1. The lowest BCUT2D eigenvalue weighted by molar-refractivity contribution is -0.0886. The van der Waals surface area contributed by atoms with Gasteiger partial charge in [-0.15, -0.1) is 0 Å². The van der Waals surface area contributed by atoms with E-state index in [1.165, 1.54) is 0 Å². The van der Waals surface area contributed by atoms with Crippen molar-refractivity contribution in [1.82, 2.24) is 4.90 Å². The number of aryl methyl sites for hydroxylation is 1. The van der Waals surface area contributed by atoms with Crippen LogP contribution < -0.4 is 0 Å². The van der Waals surface area contributed by atoms with Gasteiger partial charge in [0.1, 0.15) is 0 Å². The molecular formula is C21H31NO3. The van der Waals surface area contributed by atoms with Gasteiger partial charge in [-0.05, 0) is 63.6 Å². The third-order valence-corrected chi connectivity index (χ3v) is 5.91. The number of benzene rings is 1. The predicted octanol–water partition coefficient (Wildman–Crippen LogP) is 3.16.